The third-order valence-electron chi connectivity index (χ3n) is 4.03. The number of aryl methyl sites for hydroxylation is 1. The molecule has 0 saturated carbocycles. The highest BCUT2D eigenvalue weighted by Crippen LogP contribution is 2.34. The predicted molar refractivity (Wildman–Crippen MR) is 98.7 cm³/mol. The number of ether oxygens (including phenoxy) is 2. The number of esters is 1. The van der Waals surface area contributed by atoms with E-state index in [4.69, 9.17) is 25.5 Å². The van der Waals surface area contributed by atoms with Crippen molar-refractivity contribution in [2.24, 2.45) is 0 Å². The van der Waals surface area contributed by atoms with Crippen molar-refractivity contribution in [3.8, 4) is 5.75 Å². The monoisotopic (exact) mass is 372 g/mol. The number of hydrogen-bond donors (Lipinski definition) is 0. The number of carbonyl (C=O) groups is 1. The summed E-state index contributed by atoms with van der Waals surface area (Å²) in [5.41, 5.74) is 1.36. The van der Waals surface area contributed by atoms with E-state index < -0.39 is 17.7 Å². The summed E-state index contributed by atoms with van der Waals surface area (Å²) in [6, 6.07) is 13.6. The van der Waals surface area contributed by atoms with Crippen LogP contribution in [0.4, 0.5) is 0 Å². The van der Waals surface area contributed by atoms with E-state index in [2.05, 4.69) is 0 Å². The summed E-state index contributed by atoms with van der Waals surface area (Å²) in [6.45, 7) is 1.94. The van der Waals surface area contributed by atoms with E-state index in [1.807, 2.05) is 13.0 Å². The van der Waals surface area contributed by atoms with Gasteiger partial charge in [-0.25, -0.2) is 9.59 Å². The Bertz CT molecular complexity index is 994. The topological polar surface area (TPSA) is 65.7 Å². The van der Waals surface area contributed by atoms with E-state index >= 15 is 0 Å². The molecule has 0 spiro atoms. The number of carbonyl (C=O) groups excluding carboxylic acids is 1. The lowest BCUT2D eigenvalue weighted by atomic mass is 10.1. The Morgan fingerprint density at radius 1 is 1.19 bits per heavy atom. The zero-order valence-corrected chi connectivity index (χ0v) is 15.1. The van der Waals surface area contributed by atoms with Gasteiger partial charge in [-0.2, -0.15) is 0 Å². The molecular weight excluding hydrogens is 356 g/mol. The number of hydrogen-bond acceptors (Lipinski definition) is 5. The molecule has 0 aliphatic carbocycles. The van der Waals surface area contributed by atoms with Crippen LogP contribution in [0.1, 0.15) is 24.2 Å². The molecule has 0 aliphatic heterocycles. The summed E-state index contributed by atoms with van der Waals surface area (Å²) in [5.74, 6) is -0.328. The van der Waals surface area contributed by atoms with Gasteiger partial charge in [0.05, 0.1) is 12.1 Å². The molecule has 0 amide bonds. The van der Waals surface area contributed by atoms with Gasteiger partial charge < -0.3 is 13.9 Å². The molecule has 5 nitrogen and oxygen atoms in total. The van der Waals surface area contributed by atoms with Crippen molar-refractivity contribution >= 4 is 28.5 Å². The van der Waals surface area contributed by atoms with Crippen molar-refractivity contribution in [3.63, 3.8) is 0 Å². The maximum atomic E-state index is 12.2. The van der Waals surface area contributed by atoms with E-state index in [0.29, 0.717) is 22.6 Å². The third kappa shape index (κ3) is 3.58. The lowest BCUT2D eigenvalue weighted by Crippen LogP contribution is -2.20. The number of benzene rings is 2. The molecular formula is C20H17ClO5. The number of halogens is 1. The largest absolute Gasteiger partial charge is 0.472 e. The van der Waals surface area contributed by atoms with Crippen LogP contribution in [0.3, 0.4) is 0 Å². The Labute approximate surface area is 155 Å². The van der Waals surface area contributed by atoms with Gasteiger partial charge in [0.2, 0.25) is 6.10 Å². The Morgan fingerprint density at radius 3 is 2.58 bits per heavy atom. The van der Waals surface area contributed by atoms with E-state index in [1.165, 1.54) is 19.2 Å². The number of methoxy groups -OCH3 is 1. The lowest BCUT2D eigenvalue weighted by molar-refractivity contribution is -0.149. The molecule has 3 rings (SSSR count). The second-order valence-corrected chi connectivity index (χ2v) is 6.06. The van der Waals surface area contributed by atoms with E-state index in [-0.39, 0.29) is 5.75 Å². The Balaban J connectivity index is 2.07. The summed E-state index contributed by atoms with van der Waals surface area (Å²) >= 11 is 6.35. The van der Waals surface area contributed by atoms with Crippen LogP contribution in [0, 0.1) is 0 Å². The Morgan fingerprint density at radius 2 is 1.92 bits per heavy atom. The zero-order valence-electron chi connectivity index (χ0n) is 14.3. The molecule has 0 radical (unpaired) electrons. The lowest BCUT2D eigenvalue weighted by Gasteiger charge is -2.18. The minimum absolute atomic E-state index is 0.231. The molecule has 2 aromatic carbocycles. The maximum Gasteiger partial charge on any atom is 0.351 e. The Hall–Kier alpha value is -2.79. The van der Waals surface area contributed by atoms with Crippen LogP contribution in [0.5, 0.6) is 5.75 Å². The van der Waals surface area contributed by atoms with Crippen molar-refractivity contribution in [2.75, 3.05) is 7.11 Å². The summed E-state index contributed by atoms with van der Waals surface area (Å²) in [4.78, 5) is 23.9. The predicted octanol–water partition coefficient (Wildman–Crippen LogP) is 4.30. The highest BCUT2D eigenvalue weighted by Gasteiger charge is 2.25. The van der Waals surface area contributed by atoms with Crippen LogP contribution in [-0.4, -0.2) is 13.1 Å². The van der Waals surface area contributed by atoms with Gasteiger partial charge in [-0.1, -0.05) is 48.9 Å². The van der Waals surface area contributed by atoms with Gasteiger partial charge in [-0.3, -0.25) is 0 Å². The molecule has 1 atom stereocenters. The first kappa shape index (κ1) is 18.0. The third-order valence-corrected chi connectivity index (χ3v) is 4.32. The van der Waals surface area contributed by atoms with Crippen LogP contribution in [0.2, 0.25) is 5.02 Å². The molecule has 6 heteroatoms. The number of rotatable bonds is 5. The first-order valence-corrected chi connectivity index (χ1v) is 8.47. The molecule has 0 bridgehead atoms. The fraction of sp³-hybridized carbons (Fsp3) is 0.200. The molecule has 26 heavy (non-hydrogen) atoms. The molecule has 134 valence electrons. The average Bonchev–Trinajstić information content (AvgIpc) is 2.66. The molecule has 0 saturated heterocycles. The summed E-state index contributed by atoms with van der Waals surface area (Å²) in [6.07, 6.45) is -0.329. The van der Waals surface area contributed by atoms with Crippen LogP contribution >= 0.6 is 11.6 Å². The minimum atomic E-state index is -0.989. The van der Waals surface area contributed by atoms with Gasteiger partial charge in [0.1, 0.15) is 11.3 Å². The first-order chi connectivity index (χ1) is 12.5. The maximum absolute atomic E-state index is 12.2. The summed E-state index contributed by atoms with van der Waals surface area (Å²) in [5, 5.41) is 1.05. The van der Waals surface area contributed by atoms with Gasteiger partial charge in [-0.15, -0.1) is 0 Å². The Kier molecular flexibility index (Phi) is 5.28. The molecule has 1 aromatic heterocycles. The van der Waals surface area contributed by atoms with Crippen LogP contribution in [0.15, 0.2) is 57.7 Å². The van der Waals surface area contributed by atoms with Gasteiger partial charge in [0.25, 0.3) is 0 Å². The van der Waals surface area contributed by atoms with Crippen LogP contribution < -0.4 is 10.4 Å². The van der Waals surface area contributed by atoms with Crippen LogP contribution in [0.25, 0.3) is 11.0 Å². The fourth-order valence-corrected chi connectivity index (χ4v) is 2.93. The van der Waals surface area contributed by atoms with E-state index in [0.717, 1.165) is 10.9 Å². The van der Waals surface area contributed by atoms with E-state index in [1.54, 1.807) is 30.3 Å². The van der Waals surface area contributed by atoms with Gasteiger partial charge in [-0.05, 0) is 18.1 Å². The summed E-state index contributed by atoms with van der Waals surface area (Å²) < 4.78 is 15.9. The number of fused-ring (bicyclic) bond motifs is 1. The molecule has 0 N–H and O–H groups in total. The first-order valence-electron chi connectivity index (χ1n) is 8.09. The van der Waals surface area contributed by atoms with E-state index in [9.17, 15) is 9.59 Å². The zero-order chi connectivity index (χ0) is 18.7. The van der Waals surface area contributed by atoms with Gasteiger partial charge in [0, 0.05) is 23.1 Å². The summed E-state index contributed by atoms with van der Waals surface area (Å²) in [7, 11) is 1.29. The SMILES string of the molecule is CCc1cc(=O)oc2cc(O[C@@H](C(=O)OC)c3ccccc3)c(Cl)cc12. The average molecular weight is 373 g/mol. The highest BCUT2D eigenvalue weighted by atomic mass is 35.5. The van der Waals surface area contributed by atoms with Crippen molar-refractivity contribution in [1.82, 2.24) is 0 Å². The van der Waals surface area contributed by atoms with Crippen molar-refractivity contribution < 1.29 is 18.7 Å². The standard InChI is InChI=1S/C20H17ClO5/c1-3-12-9-18(22)25-16-11-17(15(21)10-14(12)16)26-19(20(23)24-2)13-7-5-4-6-8-13/h4-11,19H,3H2,1-2H3/t19-/m1/s1. The quantitative estimate of drug-likeness (QED) is 0.493. The molecule has 0 unspecified atom stereocenters. The van der Waals surface area contributed by atoms with Gasteiger partial charge in [0.15, 0.2) is 0 Å². The molecule has 0 fully saturated rings. The second-order valence-electron chi connectivity index (χ2n) is 5.65. The fourth-order valence-electron chi connectivity index (χ4n) is 2.72. The molecule has 1 heterocycles. The molecule has 0 aliphatic rings. The van der Waals surface area contributed by atoms with Crippen LogP contribution in [-0.2, 0) is 16.0 Å². The van der Waals surface area contributed by atoms with Gasteiger partial charge >= 0.3 is 11.6 Å². The molecule has 3 aromatic rings. The normalized spacial score (nSPS) is 12.0. The second kappa shape index (κ2) is 7.62. The van der Waals surface area contributed by atoms with Crippen molar-refractivity contribution in [1.29, 1.82) is 0 Å². The van der Waals surface area contributed by atoms with Crippen molar-refractivity contribution in [3.05, 3.63) is 75.1 Å². The highest BCUT2D eigenvalue weighted by molar-refractivity contribution is 6.32. The minimum Gasteiger partial charge on any atom is -0.472 e. The smallest absolute Gasteiger partial charge is 0.351 e. The van der Waals surface area contributed by atoms with Crippen molar-refractivity contribution in [2.45, 2.75) is 19.4 Å².